The Hall–Kier alpha value is -2.57. The number of nitrogens with one attached hydrogen (secondary N) is 2. The molecule has 160 valence electrons. The zero-order valence-electron chi connectivity index (χ0n) is 17.5. The number of nitrogens with zero attached hydrogens (tertiary/aromatic N) is 1. The van der Waals surface area contributed by atoms with Gasteiger partial charge >= 0.3 is 6.03 Å². The van der Waals surface area contributed by atoms with Crippen LogP contribution in [0.25, 0.3) is 0 Å². The molecule has 2 aromatic rings. The van der Waals surface area contributed by atoms with E-state index in [1.54, 1.807) is 0 Å². The van der Waals surface area contributed by atoms with E-state index >= 15 is 0 Å². The summed E-state index contributed by atoms with van der Waals surface area (Å²) in [6, 6.07) is 13.9. The Balaban J connectivity index is 1.24. The maximum atomic E-state index is 12.4. The van der Waals surface area contributed by atoms with Crippen LogP contribution >= 0.6 is 0 Å². The van der Waals surface area contributed by atoms with Crippen LogP contribution in [0.2, 0.25) is 0 Å². The summed E-state index contributed by atoms with van der Waals surface area (Å²) in [5.74, 6) is 0.833. The van der Waals surface area contributed by atoms with Gasteiger partial charge in [-0.3, -0.25) is 4.90 Å². The number of ether oxygens (including phenoxy) is 2. The zero-order valence-corrected chi connectivity index (χ0v) is 17.5. The maximum absolute atomic E-state index is 12.4. The Morgan fingerprint density at radius 3 is 2.80 bits per heavy atom. The first-order valence-corrected chi connectivity index (χ1v) is 11.0. The molecule has 1 aliphatic heterocycles. The fraction of sp³-hybridized carbons (Fsp3) is 0.458. The molecule has 0 bridgehead atoms. The summed E-state index contributed by atoms with van der Waals surface area (Å²) in [4.78, 5) is 14.8. The largest absolute Gasteiger partial charge is 0.492 e. The molecule has 6 nitrogen and oxygen atoms in total. The van der Waals surface area contributed by atoms with Crippen molar-refractivity contribution in [2.75, 3.05) is 44.8 Å². The quantitative estimate of drug-likeness (QED) is 0.734. The number of rotatable bonds is 7. The minimum Gasteiger partial charge on any atom is -0.492 e. The van der Waals surface area contributed by atoms with Crippen LogP contribution in [-0.2, 0) is 24.1 Å². The Morgan fingerprint density at radius 1 is 1.07 bits per heavy atom. The number of morpholine rings is 1. The lowest BCUT2D eigenvalue weighted by Crippen LogP contribution is -2.38. The predicted octanol–water partition coefficient (Wildman–Crippen LogP) is 3.60. The molecule has 0 aromatic heterocycles. The highest BCUT2D eigenvalue weighted by Gasteiger charge is 2.14. The van der Waals surface area contributed by atoms with Gasteiger partial charge in [-0.05, 0) is 60.6 Å². The van der Waals surface area contributed by atoms with Crippen LogP contribution in [0.4, 0.5) is 10.5 Å². The molecule has 0 unspecified atom stereocenters. The molecule has 30 heavy (non-hydrogen) atoms. The van der Waals surface area contributed by atoms with Crippen molar-refractivity contribution < 1.29 is 14.3 Å². The first-order valence-electron chi connectivity index (χ1n) is 11.0. The Kier molecular flexibility index (Phi) is 7.21. The normalized spacial score (nSPS) is 16.5. The van der Waals surface area contributed by atoms with Gasteiger partial charge in [0.2, 0.25) is 0 Å². The topological polar surface area (TPSA) is 62.8 Å². The van der Waals surface area contributed by atoms with Gasteiger partial charge in [-0.25, -0.2) is 4.79 Å². The van der Waals surface area contributed by atoms with Crippen LogP contribution in [0.3, 0.4) is 0 Å². The van der Waals surface area contributed by atoms with Gasteiger partial charge in [0.1, 0.15) is 12.4 Å². The Labute approximate surface area is 178 Å². The molecule has 0 radical (unpaired) electrons. The highest BCUT2D eigenvalue weighted by Crippen LogP contribution is 2.27. The molecular weight excluding hydrogens is 378 g/mol. The fourth-order valence-electron chi connectivity index (χ4n) is 4.11. The summed E-state index contributed by atoms with van der Waals surface area (Å²) in [6.45, 7) is 5.54. The molecule has 2 N–H and O–H groups in total. The molecular formula is C24H31N3O3. The van der Waals surface area contributed by atoms with Crippen molar-refractivity contribution in [3.05, 3.63) is 59.2 Å². The standard InChI is InChI=1S/C24H31N3O3/c28-24(26-23-10-4-7-20-6-1-2-9-22(20)23)25-18-19-5-3-8-21(17-19)30-16-13-27-11-14-29-15-12-27/h3-5,7-8,10,17H,1-2,6,9,11-16,18H2,(H2,25,26,28). The van der Waals surface area contributed by atoms with E-state index in [1.165, 1.54) is 24.0 Å². The van der Waals surface area contributed by atoms with E-state index in [0.29, 0.717) is 13.2 Å². The van der Waals surface area contributed by atoms with Gasteiger partial charge in [-0.15, -0.1) is 0 Å². The van der Waals surface area contributed by atoms with Gasteiger partial charge in [0.05, 0.1) is 13.2 Å². The molecule has 1 heterocycles. The van der Waals surface area contributed by atoms with Gasteiger partial charge in [0, 0.05) is 31.9 Å². The third kappa shape index (κ3) is 5.74. The minimum absolute atomic E-state index is 0.174. The smallest absolute Gasteiger partial charge is 0.319 e. The minimum atomic E-state index is -0.174. The van der Waals surface area contributed by atoms with Crippen LogP contribution in [-0.4, -0.2) is 50.4 Å². The lowest BCUT2D eigenvalue weighted by Gasteiger charge is -2.26. The van der Waals surface area contributed by atoms with Crippen molar-refractivity contribution in [1.82, 2.24) is 10.2 Å². The van der Waals surface area contributed by atoms with Gasteiger partial charge in [0.25, 0.3) is 0 Å². The Bertz CT molecular complexity index is 849. The number of hydrogen-bond donors (Lipinski definition) is 2. The van der Waals surface area contributed by atoms with E-state index < -0.39 is 0 Å². The van der Waals surface area contributed by atoms with Crippen LogP contribution < -0.4 is 15.4 Å². The first-order chi connectivity index (χ1) is 14.8. The molecule has 2 aromatic carbocycles. The first kappa shape index (κ1) is 20.7. The van der Waals surface area contributed by atoms with Crippen LogP contribution in [0.15, 0.2) is 42.5 Å². The number of carbonyl (C=O) groups is 1. The molecule has 0 atom stereocenters. The molecule has 2 amide bonds. The second kappa shape index (κ2) is 10.5. The molecule has 0 spiro atoms. The van der Waals surface area contributed by atoms with Gasteiger partial charge < -0.3 is 20.1 Å². The van der Waals surface area contributed by atoms with E-state index in [1.807, 2.05) is 36.4 Å². The number of hydrogen-bond acceptors (Lipinski definition) is 4. The van der Waals surface area contributed by atoms with Crippen LogP contribution in [0.5, 0.6) is 5.75 Å². The molecule has 4 rings (SSSR count). The number of benzene rings is 2. The SMILES string of the molecule is O=C(NCc1cccc(OCCN2CCOCC2)c1)Nc1cccc2c1CCCC2. The van der Waals surface area contributed by atoms with Crippen molar-refractivity contribution in [2.45, 2.75) is 32.2 Å². The summed E-state index contributed by atoms with van der Waals surface area (Å²) in [7, 11) is 0. The third-order valence-electron chi connectivity index (χ3n) is 5.78. The van der Waals surface area contributed by atoms with Crippen molar-refractivity contribution in [2.24, 2.45) is 0 Å². The zero-order chi connectivity index (χ0) is 20.6. The highest BCUT2D eigenvalue weighted by molar-refractivity contribution is 5.90. The molecule has 2 aliphatic rings. The van der Waals surface area contributed by atoms with E-state index in [9.17, 15) is 4.79 Å². The Morgan fingerprint density at radius 2 is 1.90 bits per heavy atom. The average Bonchev–Trinajstić information content (AvgIpc) is 2.79. The molecule has 1 aliphatic carbocycles. The molecule has 1 saturated heterocycles. The van der Waals surface area contributed by atoms with Gasteiger partial charge in [-0.2, -0.15) is 0 Å². The second-order valence-electron chi connectivity index (χ2n) is 7.91. The number of fused-ring (bicyclic) bond motifs is 1. The lowest BCUT2D eigenvalue weighted by atomic mass is 9.90. The van der Waals surface area contributed by atoms with E-state index in [0.717, 1.165) is 62.7 Å². The third-order valence-corrected chi connectivity index (χ3v) is 5.78. The number of urea groups is 1. The summed E-state index contributed by atoms with van der Waals surface area (Å²) in [5, 5.41) is 5.99. The maximum Gasteiger partial charge on any atom is 0.319 e. The number of amides is 2. The van der Waals surface area contributed by atoms with Crippen LogP contribution in [0, 0.1) is 0 Å². The molecule has 6 heteroatoms. The number of aryl methyl sites for hydroxylation is 1. The van der Waals surface area contributed by atoms with Gasteiger partial charge in [0.15, 0.2) is 0 Å². The summed E-state index contributed by atoms with van der Waals surface area (Å²) in [6.07, 6.45) is 4.56. The van der Waals surface area contributed by atoms with Crippen molar-refractivity contribution in [1.29, 1.82) is 0 Å². The van der Waals surface area contributed by atoms with Crippen molar-refractivity contribution in [3.63, 3.8) is 0 Å². The van der Waals surface area contributed by atoms with E-state index in [-0.39, 0.29) is 6.03 Å². The number of anilines is 1. The monoisotopic (exact) mass is 409 g/mol. The van der Waals surface area contributed by atoms with E-state index in [2.05, 4.69) is 21.6 Å². The molecule has 1 fully saturated rings. The summed E-state index contributed by atoms with van der Waals surface area (Å²) >= 11 is 0. The van der Waals surface area contributed by atoms with Crippen molar-refractivity contribution >= 4 is 11.7 Å². The average molecular weight is 410 g/mol. The van der Waals surface area contributed by atoms with E-state index in [4.69, 9.17) is 9.47 Å². The van der Waals surface area contributed by atoms with Gasteiger partial charge in [-0.1, -0.05) is 24.3 Å². The fourth-order valence-corrected chi connectivity index (χ4v) is 4.11. The number of carbonyl (C=O) groups excluding carboxylic acids is 1. The summed E-state index contributed by atoms with van der Waals surface area (Å²) < 4.78 is 11.3. The van der Waals surface area contributed by atoms with Crippen molar-refractivity contribution in [3.8, 4) is 5.75 Å². The highest BCUT2D eigenvalue weighted by atomic mass is 16.5. The second-order valence-corrected chi connectivity index (χ2v) is 7.91. The molecule has 0 saturated carbocycles. The summed E-state index contributed by atoms with van der Waals surface area (Å²) in [5.41, 5.74) is 4.60. The van der Waals surface area contributed by atoms with Crippen LogP contribution in [0.1, 0.15) is 29.5 Å². The predicted molar refractivity (Wildman–Crippen MR) is 118 cm³/mol. The lowest BCUT2D eigenvalue weighted by molar-refractivity contribution is 0.0322.